The van der Waals surface area contributed by atoms with Crippen LogP contribution in [0, 0.1) is 0 Å². The van der Waals surface area contributed by atoms with Crippen LogP contribution in [0.4, 0.5) is 0 Å². The normalized spacial score (nSPS) is 26.4. The summed E-state index contributed by atoms with van der Waals surface area (Å²) < 4.78 is 0. The summed E-state index contributed by atoms with van der Waals surface area (Å²) in [7, 11) is 0. The van der Waals surface area contributed by atoms with Crippen LogP contribution in [-0.2, 0) is 0 Å². The van der Waals surface area contributed by atoms with E-state index in [1.54, 1.807) is 0 Å². The average molecular weight is 152 g/mol. The highest BCUT2D eigenvalue weighted by Crippen LogP contribution is 2.15. The van der Waals surface area contributed by atoms with Gasteiger partial charge < -0.3 is 5.01 Å². The Balaban J connectivity index is 2.02. The van der Waals surface area contributed by atoms with Gasteiger partial charge in [0.25, 0.3) is 0 Å². The van der Waals surface area contributed by atoms with E-state index in [4.69, 9.17) is 0 Å². The third-order valence-corrected chi connectivity index (χ3v) is 2.50. The van der Waals surface area contributed by atoms with Crippen molar-refractivity contribution in [3.63, 3.8) is 0 Å². The minimum atomic E-state index is 1.23. The van der Waals surface area contributed by atoms with E-state index in [1.807, 2.05) is 0 Å². The van der Waals surface area contributed by atoms with E-state index in [2.05, 4.69) is 22.3 Å². The summed E-state index contributed by atoms with van der Waals surface area (Å²) in [4.78, 5) is 0. The standard InChI is InChI=1S/C9H16N2/c1-2-6-10-8-4-5-9-11(10)7-3-1/h4,8H,1-3,5-7,9H2. The summed E-state index contributed by atoms with van der Waals surface area (Å²) in [5, 5.41) is 4.86. The molecule has 62 valence electrons. The van der Waals surface area contributed by atoms with E-state index < -0.39 is 0 Å². The third-order valence-electron chi connectivity index (χ3n) is 2.50. The van der Waals surface area contributed by atoms with Crippen molar-refractivity contribution in [3.05, 3.63) is 12.3 Å². The van der Waals surface area contributed by atoms with Gasteiger partial charge in [-0.1, -0.05) is 12.5 Å². The molecule has 0 saturated carbocycles. The smallest absolute Gasteiger partial charge is 0.0340 e. The van der Waals surface area contributed by atoms with Gasteiger partial charge in [-0.05, 0) is 19.3 Å². The van der Waals surface area contributed by atoms with E-state index in [0.717, 1.165) is 0 Å². The maximum Gasteiger partial charge on any atom is 0.0340 e. The summed E-state index contributed by atoms with van der Waals surface area (Å²) >= 11 is 0. The molecule has 0 radical (unpaired) electrons. The predicted octanol–water partition coefficient (Wildman–Crippen LogP) is 1.61. The fourth-order valence-corrected chi connectivity index (χ4v) is 1.84. The minimum Gasteiger partial charge on any atom is -0.313 e. The lowest BCUT2D eigenvalue weighted by Crippen LogP contribution is -2.41. The van der Waals surface area contributed by atoms with Gasteiger partial charge in [-0.25, -0.2) is 5.01 Å². The first kappa shape index (κ1) is 7.17. The van der Waals surface area contributed by atoms with Crippen LogP contribution in [0.1, 0.15) is 25.7 Å². The fraction of sp³-hybridized carbons (Fsp3) is 0.778. The van der Waals surface area contributed by atoms with Gasteiger partial charge in [0.15, 0.2) is 0 Å². The Morgan fingerprint density at radius 2 is 1.82 bits per heavy atom. The van der Waals surface area contributed by atoms with Crippen molar-refractivity contribution in [2.24, 2.45) is 0 Å². The first-order chi connectivity index (χ1) is 5.47. The molecule has 0 aliphatic carbocycles. The lowest BCUT2D eigenvalue weighted by atomic mass is 10.2. The molecule has 0 amide bonds. The zero-order valence-corrected chi connectivity index (χ0v) is 7.00. The van der Waals surface area contributed by atoms with Crippen LogP contribution in [0.3, 0.4) is 0 Å². The Labute approximate surface area is 68.4 Å². The number of hydrogen-bond acceptors (Lipinski definition) is 2. The highest BCUT2D eigenvalue weighted by atomic mass is 15.6. The van der Waals surface area contributed by atoms with Crippen molar-refractivity contribution in [2.45, 2.75) is 25.7 Å². The van der Waals surface area contributed by atoms with Crippen LogP contribution < -0.4 is 0 Å². The van der Waals surface area contributed by atoms with Crippen molar-refractivity contribution in [1.29, 1.82) is 0 Å². The van der Waals surface area contributed by atoms with Crippen LogP contribution in [0.15, 0.2) is 12.3 Å². The number of hydrazine groups is 1. The van der Waals surface area contributed by atoms with Crippen LogP contribution >= 0.6 is 0 Å². The molecule has 0 unspecified atom stereocenters. The molecular formula is C9H16N2. The lowest BCUT2D eigenvalue weighted by Gasteiger charge is -2.34. The summed E-state index contributed by atoms with van der Waals surface area (Å²) in [6.07, 6.45) is 9.90. The van der Waals surface area contributed by atoms with Crippen molar-refractivity contribution < 1.29 is 0 Å². The minimum absolute atomic E-state index is 1.23. The Morgan fingerprint density at radius 1 is 0.909 bits per heavy atom. The second-order valence-corrected chi connectivity index (χ2v) is 3.35. The second kappa shape index (κ2) is 3.26. The Kier molecular flexibility index (Phi) is 2.13. The topological polar surface area (TPSA) is 6.48 Å². The molecule has 0 aromatic carbocycles. The van der Waals surface area contributed by atoms with Crippen molar-refractivity contribution in [2.75, 3.05) is 19.6 Å². The molecule has 2 nitrogen and oxygen atoms in total. The zero-order valence-electron chi connectivity index (χ0n) is 7.00. The predicted molar refractivity (Wildman–Crippen MR) is 45.9 cm³/mol. The molecule has 0 N–H and O–H groups in total. The molecular weight excluding hydrogens is 136 g/mol. The van der Waals surface area contributed by atoms with Gasteiger partial charge in [0, 0.05) is 25.8 Å². The maximum atomic E-state index is 2.48. The van der Waals surface area contributed by atoms with E-state index in [0.29, 0.717) is 0 Å². The molecule has 2 heterocycles. The van der Waals surface area contributed by atoms with Gasteiger partial charge in [-0.3, -0.25) is 0 Å². The number of hydrogen-bond donors (Lipinski definition) is 0. The van der Waals surface area contributed by atoms with Crippen LogP contribution in [0.5, 0.6) is 0 Å². The molecule has 2 heteroatoms. The molecule has 0 aromatic heterocycles. The molecule has 1 saturated heterocycles. The van der Waals surface area contributed by atoms with Crippen LogP contribution in [0.2, 0.25) is 0 Å². The Bertz CT molecular complexity index is 154. The molecule has 0 atom stereocenters. The largest absolute Gasteiger partial charge is 0.313 e. The molecule has 0 aromatic rings. The molecule has 0 bridgehead atoms. The number of rotatable bonds is 0. The average Bonchev–Trinajstić information content (AvgIpc) is 2.28. The molecule has 2 aliphatic rings. The maximum absolute atomic E-state index is 2.48. The quantitative estimate of drug-likeness (QED) is 0.520. The second-order valence-electron chi connectivity index (χ2n) is 3.35. The summed E-state index contributed by atoms with van der Waals surface area (Å²) in [5.74, 6) is 0. The zero-order chi connectivity index (χ0) is 7.52. The van der Waals surface area contributed by atoms with Gasteiger partial charge in [0.1, 0.15) is 0 Å². The van der Waals surface area contributed by atoms with Crippen molar-refractivity contribution in [1.82, 2.24) is 10.0 Å². The molecule has 0 spiro atoms. The highest BCUT2D eigenvalue weighted by Gasteiger charge is 2.16. The number of fused-ring (bicyclic) bond motifs is 1. The van der Waals surface area contributed by atoms with E-state index in [9.17, 15) is 0 Å². The van der Waals surface area contributed by atoms with Gasteiger partial charge in [0.2, 0.25) is 0 Å². The highest BCUT2D eigenvalue weighted by molar-refractivity contribution is 4.87. The SMILES string of the molecule is C1=CN2CCCCCN2CC1. The molecule has 11 heavy (non-hydrogen) atoms. The number of nitrogens with zero attached hydrogens (tertiary/aromatic N) is 2. The van der Waals surface area contributed by atoms with Crippen LogP contribution in [-0.4, -0.2) is 29.7 Å². The molecule has 2 rings (SSSR count). The van der Waals surface area contributed by atoms with Crippen molar-refractivity contribution in [3.8, 4) is 0 Å². The van der Waals surface area contributed by atoms with Crippen LogP contribution in [0.25, 0.3) is 0 Å². The van der Waals surface area contributed by atoms with Gasteiger partial charge >= 0.3 is 0 Å². The first-order valence-electron chi connectivity index (χ1n) is 4.65. The van der Waals surface area contributed by atoms with Gasteiger partial charge in [0.05, 0.1) is 0 Å². The molecule has 1 fully saturated rings. The van der Waals surface area contributed by atoms with E-state index >= 15 is 0 Å². The summed E-state index contributed by atoms with van der Waals surface area (Å²) in [6, 6.07) is 0. The van der Waals surface area contributed by atoms with E-state index in [1.165, 1.54) is 45.3 Å². The third kappa shape index (κ3) is 1.56. The van der Waals surface area contributed by atoms with E-state index in [-0.39, 0.29) is 0 Å². The first-order valence-corrected chi connectivity index (χ1v) is 4.65. The Hall–Kier alpha value is -0.500. The monoisotopic (exact) mass is 152 g/mol. The van der Waals surface area contributed by atoms with Gasteiger partial charge in [-0.2, -0.15) is 0 Å². The summed E-state index contributed by atoms with van der Waals surface area (Å²) in [5.41, 5.74) is 0. The summed E-state index contributed by atoms with van der Waals surface area (Å²) in [6.45, 7) is 3.73. The molecule has 2 aliphatic heterocycles. The Morgan fingerprint density at radius 3 is 2.82 bits per heavy atom. The fourth-order valence-electron chi connectivity index (χ4n) is 1.84. The van der Waals surface area contributed by atoms with Crippen molar-refractivity contribution >= 4 is 0 Å². The van der Waals surface area contributed by atoms with Gasteiger partial charge in [-0.15, -0.1) is 0 Å². The lowest BCUT2D eigenvalue weighted by molar-refractivity contribution is 0.0248.